The largest absolute Gasteiger partial charge is 0.496 e. The lowest BCUT2D eigenvalue weighted by atomic mass is 10.2. The topological polar surface area (TPSA) is 101 Å². The average Bonchev–Trinajstić information content (AvgIpc) is 2.74. The quantitative estimate of drug-likeness (QED) is 0.600. The van der Waals surface area contributed by atoms with Gasteiger partial charge in [0.25, 0.3) is 5.69 Å². The zero-order valence-corrected chi connectivity index (χ0v) is 15.9. The number of methoxy groups -OCH3 is 1. The lowest BCUT2D eigenvalue weighted by molar-refractivity contribution is -0.384. The number of nitrogens with one attached hydrogen (secondary N) is 1. The van der Waals surface area contributed by atoms with Gasteiger partial charge in [-0.05, 0) is 31.2 Å². The zero-order valence-electron chi connectivity index (χ0n) is 15.9. The molecule has 0 spiro atoms. The molecule has 1 aliphatic heterocycles. The van der Waals surface area contributed by atoms with Crippen molar-refractivity contribution in [1.82, 2.24) is 9.88 Å². The van der Waals surface area contributed by atoms with Crippen LogP contribution >= 0.6 is 0 Å². The Morgan fingerprint density at radius 2 is 2.00 bits per heavy atom. The van der Waals surface area contributed by atoms with Crippen molar-refractivity contribution in [3.63, 3.8) is 0 Å². The third-order valence-electron chi connectivity index (χ3n) is 4.87. The maximum atomic E-state index is 12.7. The van der Waals surface area contributed by atoms with Crippen LogP contribution in [0.25, 0.3) is 0 Å². The number of pyridine rings is 1. The van der Waals surface area contributed by atoms with Crippen LogP contribution in [0.3, 0.4) is 0 Å². The summed E-state index contributed by atoms with van der Waals surface area (Å²) in [6.45, 7) is 4.74. The predicted molar refractivity (Wildman–Crippen MR) is 106 cm³/mol. The summed E-state index contributed by atoms with van der Waals surface area (Å²) in [6.07, 6.45) is 1.76. The van der Waals surface area contributed by atoms with Gasteiger partial charge in [-0.15, -0.1) is 0 Å². The van der Waals surface area contributed by atoms with Gasteiger partial charge >= 0.3 is 0 Å². The normalized spacial score (nSPS) is 15.7. The Morgan fingerprint density at radius 3 is 2.61 bits per heavy atom. The lowest BCUT2D eigenvalue weighted by Gasteiger charge is -2.37. The molecule has 1 atom stereocenters. The van der Waals surface area contributed by atoms with Gasteiger partial charge in [0.05, 0.1) is 24.1 Å². The average molecular weight is 385 g/mol. The molecule has 1 aromatic heterocycles. The van der Waals surface area contributed by atoms with Crippen LogP contribution in [0.15, 0.2) is 42.6 Å². The maximum Gasteiger partial charge on any atom is 0.296 e. The maximum absolute atomic E-state index is 12.7. The SMILES string of the molecule is COc1ccc(NC(=O)[C@H](C)N2CCN(c3ccccn3)CC2)c([N+](=O)[O-])c1. The molecular formula is C19H23N5O4. The fourth-order valence-electron chi connectivity index (χ4n) is 3.18. The summed E-state index contributed by atoms with van der Waals surface area (Å²) in [6, 6.07) is 9.75. The number of nitro groups is 1. The Bertz CT molecular complexity index is 837. The molecule has 9 heteroatoms. The van der Waals surface area contributed by atoms with Crippen LogP contribution in [-0.4, -0.2) is 60.0 Å². The third kappa shape index (κ3) is 4.37. The van der Waals surface area contributed by atoms with E-state index in [-0.39, 0.29) is 17.3 Å². The molecule has 0 aliphatic carbocycles. The third-order valence-corrected chi connectivity index (χ3v) is 4.87. The Morgan fingerprint density at radius 1 is 1.25 bits per heavy atom. The molecule has 1 amide bonds. The van der Waals surface area contributed by atoms with Crippen molar-refractivity contribution in [2.45, 2.75) is 13.0 Å². The number of nitrogens with zero attached hydrogens (tertiary/aromatic N) is 4. The van der Waals surface area contributed by atoms with Crippen molar-refractivity contribution in [2.24, 2.45) is 0 Å². The van der Waals surface area contributed by atoms with Gasteiger partial charge in [0.15, 0.2) is 0 Å². The number of ether oxygens (including phenoxy) is 1. The standard InChI is InChI=1S/C19H23N5O4/c1-14(22-9-11-23(12-10-22)18-5-3-4-8-20-18)19(25)21-16-7-6-15(28-2)13-17(16)24(26)27/h3-8,13-14H,9-12H2,1-2H3,(H,21,25)/t14-/m0/s1. The molecule has 1 N–H and O–H groups in total. The molecule has 1 fully saturated rings. The van der Waals surface area contributed by atoms with Crippen LogP contribution in [0.2, 0.25) is 0 Å². The minimum Gasteiger partial charge on any atom is -0.496 e. The molecule has 1 aromatic carbocycles. The van der Waals surface area contributed by atoms with E-state index in [0.29, 0.717) is 18.8 Å². The van der Waals surface area contributed by atoms with Gasteiger partial charge in [-0.25, -0.2) is 4.98 Å². The van der Waals surface area contributed by atoms with Gasteiger partial charge < -0.3 is 15.0 Å². The first-order valence-electron chi connectivity index (χ1n) is 9.03. The summed E-state index contributed by atoms with van der Waals surface area (Å²) in [5.74, 6) is 1.01. The number of aromatic nitrogens is 1. The van der Waals surface area contributed by atoms with Crippen LogP contribution in [0, 0.1) is 10.1 Å². The summed E-state index contributed by atoms with van der Waals surface area (Å²) >= 11 is 0. The number of amides is 1. The van der Waals surface area contributed by atoms with Gasteiger partial charge in [0.2, 0.25) is 5.91 Å². The van der Waals surface area contributed by atoms with E-state index >= 15 is 0 Å². The number of carbonyl (C=O) groups excluding carboxylic acids is 1. The van der Waals surface area contributed by atoms with Crippen molar-refractivity contribution in [3.8, 4) is 5.75 Å². The van der Waals surface area contributed by atoms with E-state index in [0.717, 1.165) is 18.9 Å². The fourth-order valence-corrected chi connectivity index (χ4v) is 3.18. The van der Waals surface area contributed by atoms with Gasteiger partial charge in [0.1, 0.15) is 17.3 Å². The van der Waals surface area contributed by atoms with Crippen LogP contribution < -0.4 is 15.0 Å². The minimum atomic E-state index is -0.533. The van der Waals surface area contributed by atoms with E-state index < -0.39 is 11.0 Å². The van der Waals surface area contributed by atoms with E-state index in [9.17, 15) is 14.9 Å². The first kappa shape index (κ1) is 19.6. The van der Waals surface area contributed by atoms with E-state index in [2.05, 4.69) is 20.1 Å². The van der Waals surface area contributed by atoms with Crippen LogP contribution in [0.5, 0.6) is 5.75 Å². The molecule has 1 saturated heterocycles. The van der Waals surface area contributed by atoms with E-state index in [1.807, 2.05) is 18.2 Å². The molecule has 2 aromatic rings. The van der Waals surface area contributed by atoms with Gasteiger partial charge in [-0.2, -0.15) is 0 Å². The van der Waals surface area contributed by atoms with Crippen LogP contribution in [0.4, 0.5) is 17.2 Å². The molecule has 0 saturated carbocycles. The molecule has 3 rings (SSSR count). The molecule has 0 bridgehead atoms. The molecule has 1 aliphatic rings. The summed E-state index contributed by atoms with van der Waals surface area (Å²) in [7, 11) is 1.43. The first-order chi connectivity index (χ1) is 13.5. The smallest absolute Gasteiger partial charge is 0.296 e. The number of hydrogen-bond acceptors (Lipinski definition) is 7. The van der Waals surface area contributed by atoms with Crippen molar-refractivity contribution in [3.05, 3.63) is 52.7 Å². The molecule has 2 heterocycles. The van der Waals surface area contributed by atoms with Gasteiger partial charge in [-0.3, -0.25) is 19.8 Å². The number of benzene rings is 1. The van der Waals surface area contributed by atoms with Gasteiger partial charge in [0, 0.05) is 32.4 Å². The highest BCUT2D eigenvalue weighted by Gasteiger charge is 2.27. The Balaban J connectivity index is 1.62. The molecule has 0 unspecified atom stereocenters. The highest BCUT2D eigenvalue weighted by Crippen LogP contribution is 2.29. The highest BCUT2D eigenvalue weighted by atomic mass is 16.6. The summed E-state index contributed by atoms with van der Waals surface area (Å²) < 4.78 is 5.02. The zero-order chi connectivity index (χ0) is 20.1. The fraction of sp³-hybridized carbons (Fsp3) is 0.368. The molecule has 28 heavy (non-hydrogen) atoms. The second-order valence-corrected chi connectivity index (χ2v) is 6.52. The Labute approximate surface area is 163 Å². The van der Waals surface area contributed by atoms with Crippen molar-refractivity contribution in [2.75, 3.05) is 43.5 Å². The summed E-state index contributed by atoms with van der Waals surface area (Å²) in [5.41, 5.74) is -0.0327. The number of carbonyl (C=O) groups is 1. The second-order valence-electron chi connectivity index (χ2n) is 6.52. The predicted octanol–water partition coefficient (Wildman–Crippen LogP) is 2.15. The van der Waals surface area contributed by atoms with Crippen molar-refractivity contribution in [1.29, 1.82) is 0 Å². The molecule has 0 radical (unpaired) electrons. The van der Waals surface area contributed by atoms with E-state index in [1.54, 1.807) is 19.2 Å². The van der Waals surface area contributed by atoms with Gasteiger partial charge in [-0.1, -0.05) is 6.07 Å². The Hall–Kier alpha value is -3.20. The minimum absolute atomic E-state index is 0.162. The molecule has 9 nitrogen and oxygen atoms in total. The van der Waals surface area contributed by atoms with Crippen LogP contribution in [-0.2, 0) is 4.79 Å². The van der Waals surface area contributed by atoms with E-state index in [4.69, 9.17) is 4.74 Å². The lowest BCUT2D eigenvalue weighted by Crippen LogP contribution is -2.53. The van der Waals surface area contributed by atoms with Crippen molar-refractivity contribution >= 4 is 23.1 Å². The monoisotopic (exact) mass is 385 g/mol. The number of anilines is 2. The molecule has 148 valence electrons. The van der Waals surface area contributed by atoms with Crippen molar-refractivity contribution < 1.29 is 14.5 Å². The number of rotatable bonds is 6. The highest BCUT2D eigenvalue weighted by molar-refractivity contribution is 5.96. The van der Waals surface area contributed by atoms with E-state index in [1.165, 1.54) is 19.2 Å². The number of hydrogen-bond donors (Lipinski definition) is 1. The molecular weight excluding hydrogens is 362 g/mol. The summed E-state index contributed by atoms with van der Waals surface area (Å²) in [5, 5.41) is 14.0. The number of piperazine rings is 1. The Kier molecular flexibility index (Phi) is 6.05. The second kappa shape index (κ2) is 8.66. The summed E-state index contributed by atoms with van der Waals surface area (Å²) in [4.78, 5) is 32.0. The number of nitro benzene ring substituents is 1. The first-order valence-corrected chi connectivity index (χ1v) is 9.03. The van der Waals surface area contributed by atoms with Crippen LogP contribution in [0.1, 0.15) is 6.92 Å².